The molecule has 1 aromatic carbocycles. The third-order valence-electron chi connectivity index (χ3n) is 3.03. The number of rotatable bonds is 2. The number of carbonyl (C=O) groups excluding carboxylic acids is 1. The monoisotopic (exact) mass is 272 g/mol. The van der Waals surface area contributed by atoms with Gasteiger partial charge in [-0.05, 0) is 37.5 Å². The summed E-state index contributed by atoms with van der Waals surface area (Å²) >= 11 is 11.7. The van der Waals surface area contributed by atoms with Gasteiger partial charge in [0.25, 0.3) is 0 Å². The number of anilines is 1. The molecule has 0 heterocycles. The minimum Gasteiger partial charge on any atom is -0.328 e. The molecule has 5 heteroatoms. The normalized spacial score (nSPS) is 23.7. The Labute approximate surface area is 110 Å². The quantitative estimate of drug-likeness (QED) is 0.870. The molecular weight excluding hydrogens is 259 g/mol. The average molecular weight is 273 g/mol. The van der Waals surface area contributed by atoms with Gasteiger partial charge in [0.2, 0.25) is 5.91 Å². The molecule has 2 unspecified atom stereocenters. The van der Waals surface area contributed by atoms with Gasteiger partial charge in [-0.15, -0.1) is 0 Å². The summed E-state index contributed by atoms with van der Waals surface area (Å²) in [4.78, 5) is 11.9. The summed E-state index contributed by atoms with van der Waals surface area (Å²) in [5, 5.41) is 3.75. The maximum Gasteiger partial charge on any atom is 0.227 e. The van der Waals surface area contributed by atoms with Crippen LogP contribution in [-0.2, 0) is 4.79 Å². The lowest BCUT2D eigenvalue weighted by atomic mass is 10.1. The first-order valence-electron chi connectivity index (χ1n) is 5.58. The first kappa shape index (κ1) is 12.7. The minimum atomic E-state index is 0.0105. The first-order valence-corrected chi connectivity index (χ1v) is 6.33. The molecule has 0 aliphatic heterocycles. The Morgan fingerprint density at radius 2 is 2.06 bits per heavy atom. The van der Waals surface area contributed by atoms with Crippen molar-refractivity contribution in [1.82, 2.24) is 0 Å². The van der Waals surface area contributed by atoms with Gasteiger partial charge in [-0.2, -0.15) is 0 Å². The van der Waals surface area contributed by atoms with Gasteiger partial charge < -0.3 is 11.1 Å². The van der Waals surface area contributed by atoms with Crippen molar-refractivity contribution in [3.8, 4) is 0 Å². The van der Waals surface area contributed by atoms with E-state index in [-0.39, 0.29) is 17.9 Å². The largest absolute Gasteiger partial charge is 0.328 e. The zero-order valence-corrected chi connectivity index (χ0v) is 10.8. The number of amides is 1. The fraction of sp³-hybridized carbons (Fsp3) is 0.417. The minimum absolute atomic E-state index is 0.0105. The van der Waals surface area contributed by atoms with Crippen molar-refractivity contribution in [2.24, 2.45) is 11.7 Å². The number of carbonyl (C=O) groups is 1. The molecule has 2 atom stereocenters. The van der Waals surface area contributed by atoms with E-state index in [0.29, 0.717) is 15.7 Å². The van der Waals surface area contributed by atoms with E-state index in [2.05, 4.69) is 5.32 Å². The molecule has 3 N–H and O–H groups in total. The highest BCUT2D eigenvalue weighted by Gasteiger charge is 2.27. The number of hydrogen-bond acceptors (Lipinski definition) is 2. The Morgan fingerprint density at radius 3 is 2.65 bits per heavy atom. The molecule has 0 aromatic heterocycles. The molecule has 0 spiro atoms. The topological polar surface area (TPSA) is 55.1 Å². The van der Waals surface area contributed by atoms with Gasteiger partial charge in [-0.3, -0.25) is 4.79 Å². The highest BCUT2D eigenvalue weighted by molar-refractivity contribution is 6.42. The van der Waals surface area contributed by atoms with Gasteiger partial charge in [-0.1, -0.05) is 23.2 Å². The molecule has 17 heavy (non-hydrogen) atoms. The zero-order chi connectivity index (χ0) is 12.4. The number of nitrogens with two attached hydrogens (primary N) is 1. The first-order chi connectivity index (χ1) is 8.06. The summed E-state index contributed by atoms with van der Waals surface area (Å²) in [6, 6.07) is 5.21. The van der Waals surface area contributed by atoms with Crippen molar-refractivity contribution in [2.75, 3.05) is 5.32 Å². The van der Waals surface area contributed by atoms with Crippen LogP contribution in [0.5, 0.6) is 0 Å². The van der Waals surface area contributed by atoms with E-state index in [1.165, 1.54) is 0 Å². The van der Waals surface area contributed by atoms with E-state index in [4.69, 9.17) is 28.9 Å². The molecule has 3 nitrogen and oxygen atoms in total. The Kier molecular flexibility index (Phi) is 3.92. The maximum absolute atomic E-state index is 11.9. The molecule has 1 aliphatic rings. The molecule has 0 radical (unpaired) electrons. The second kappa shape index (κ2) is 5.25. The predicted molar refractivity (Wildman–Crippen MR) is 70.4 cm³/mol. The summed E-state index contributed by atoms with van der Waals surface area (Å²) < 4.78 is 0. The van der Waals surface area contributed by atoms with Gasteiger partial charge in [-0.25, -0.2) is 0 Å². The lowest BCUT2D eigenvalue weighted by Crippen LogP contribution is -2.23. The fourth-order valence-corrected chi connectivity index (χ4v) is 2.37. The number of halogens is 2. The van der Waals surface area contributed by atoms with Crippen LogP contribution in [0.2, 0.25) is 10.0 Å². The van der Waals surface area contributed by atoms with Gasteiger partial charge in [0, 0.05) is 17.6 Å². The van der Waals surface area contributed by atoms with Gasteiger partial charge >= 0.3 is 0 Å². The van der Waals surface area contributed by atoms with Crippen LogP contribution in [0.1, 0.15) is 19.3 Å². The van der Waals surface area contributed by atoms with E-state index in [1.807, 2.05) is 0 Å². The summed E-state index contributed by atoms with van der Waals surface area (Å²) in [5.74, 6) is 0.0239. The molecule has 2 rings (SSSR count). The SMILES string of the molecule is NC1CCC(C(=O)Nc2ccc(Cl)c(Cl)c2)C1. The maximum atomic E-state index is 11.9. The molecule has 1 aromatic rings. The lowest BCUT2D eigenvalue weighted by molar-refractivity contribution is -0.119. The Bertz CT molecular complexity index is 437. The third kappa shape index (κ3) is 3.12. The zero-order valence-electron chi connectivity index (χ0n) is 9.25. The molecule has 1 aliphatic carbocycles. The van der Waals surface area contributed by atoms with Crippen molar-refractivity contribution >= 4 is 34.8 Å². The van der Waals surface area contributed by atoms with Crippen molar-refractivity contribution < 1.29 is 4.79 Å². The second-order valence-electron chi connectivity index (χ2n) is 4.39. The van der Waals surface area contributed by atoms with Crippen LogP contribution in [0.3, 0.4) is 0 Å². The lowest BCUT2D eigenvalue weighted by Gasteiger charge is -2.11. The molecule has 0 saturated heterocycles. The summed E-state index contributed by atoms with van der Waals surface area (Å²) in [6.45, 7) is 0. The Balaban J connectivity index is 2.00. The van der Waals surface area contributed by atoms with Crippen LogP contribution in [0.15, 0.2) is 18.2 Å². The van der Waals surface area contributed by atoms with E-state index in [9.17, 15) is 4.79 Å². The van der Waals surface area contributed by atoms with Gasteiger partial charge in [0.15, 0.2) is 0 Å². The Hall–Kier alpha value is -0.770. The number of hydrogen-bond donors (Lipinski definition) is 2. The summed E-state index contributed by atoms with van der Waals surface area (Å²) in [5.41, 5.74) is 6.45. The summed E-state index contributed by atoms with van der Waals surface area (Å²) in [7, 11) is 0. The van der Waals surface area contributed by atoms with Crippen molar-refractivity contribution in [2.45, 2.75) is 25.3 Å². The van der Waals surface area contributed by atoms with E-state index >= 15 is 0 Å². The van der Waals surface area contributed by atoms with E-state index in [0.717, 1.165) is 19.3 Å². The molecule has 1 fully saturated rings. The van der Waals surface area contributed by atoms with Crippen LogP contribution < -0.4 is 11.1 Å². The van der Waals surface area contributed by atoms with Crippen LogP contribution >= 0.6 is 23.2 Å². The van der Waals surface area contributed by atoms with Crippen molar-refractivity contribution in [3.63, 3.8) is 0 Å². The fourth-order valence-electron chi connectivity index (χ4n) is 2.07. The van der Waals surface area contributed by atoms with Crippen molar-refractivity contribution in [3.05, 3.63) is 28.2 Å². The van der Waals surface area contributed by atoms with Crippen molar-refractivity contribution in [1.29, 1.82) is 0 Å². The predicted octanol–water partition coefficient (Wildman–Crippen LogP) is 3.06. The third-order valence-corrected chi connectivity index (χ3v) is 3.77. The molecule has 92 valence electrons. The second-order valence-corrected chi connectivity index (χ2v) is 5.20. The smallest absolute Gasteiger partial charge is 0.227 e. The van der Waals surface area contributed by atoms with Gasteiger partial charge in [0.1, 0.15) is 0 Å². The van der Waals surface area contributed by atoms with Crippen LogP contribution in [0.25, 0.3) is 0 Å². The molecule has 0 bridgehead atoms. The standard InChI is InChI=1S/C12H14Cl2N2O/c13-10-4-3-9(6-11(10)14)16-12(17)7-1-2-8(15)5-7/h3-4,6-8H,1-2,5,15H2,(H,16,17). The van der Waals surface area contributed by atoms with Crippen LogP contribution in [-0.4, -0.2) is 11.9 Å². The van der Waals surface area contributed by atoms with E-state index in [1.54, 1.807) is 18.2 Å². The van der Waals surface area contributed by atoms with Gasteiger partial charge in [0.05, 0.1) is 10.0 Å². The molecule has 1 saturated carbocycles. The number of benzene rings is 1. The molecular formula is C12H14Cl2N2O. The van der Waals surface area contributed by atoms with Crippen LogP contribution in [0, 0.1) is 5.92 Å². The number of nitrogens with one attached hydrogen (secondary N) is 1. The highest BCUT2D eigenvalue weighted by atomic mass is 35.5. The van der Waals surface area contributed by atoms with Crippen LogP contribution in [0.4, 0.5) is 5.69 Å². The average Bonchev–Trinajstić information content (AvgIpc) is 2.70. The summed E-state index contributed by atoms with van der Waals surface area (Å²) in [6.07, 6.45) is 2.53. The highest BCUT2D eigenvalue weighted by Crippen LogP contribution is 2.28. The van der Waals surface area contributed by atoms with E-state index < -0.39 is 0 Å². The Morgan fingerprint density at radius 1 is 1.29 bits per heavy atom. The molecule has 1 amide bonds.